The van der Waals surface area contributed by atoms with E-state index in [-0.39, 0.29) is 18.2 Å². The molecule has 0 fully saturated rings. The number of allylic oxidation sites excluding steroid dienone is 2. The summed E-state index contributed by atoms with van der Waals surface area (Å²) >= 11 is 0. The van der Waals surface area contributed by atoms with Crippen LogP contribution < -0.4 is 4.90 Å². The number of hydrogen-bond acceptors (Lipinski definition) is 5. The Morgan fingerprint density at radius 3 is 1.86 bits per heavy atom. The van der Waals surface area contributed by atoms with Gasteiger partial charge in [-0.1, -0.05) is 55.5 Å². The van der Waals surface area contributed by atoms with Crippen molar-refractivity contribution in [1.29, 1.82) is 0 Å². The van der Waals surface area contributed by atoms with Gasteiger partial charge in [-0.05, 0) is 49.4 Å². The topological polar surface area (TPSA) is 63.7 Å². The van der Waals surface area contributed by atoms with E-state index < -0.39 is 0 Å². The van der Waals surface area contributed by atoms with Gasteiger partial charge in [0, 0.05) is 11.4 Å². The van der Waals surface area contributed by atoms with Gasteiger partial charge in [-0.25, -0.2) is 4.79 Å². The maximum atomic E-state index is 12.7. The van der Waals surface area contributed by atoms with Crippen LogP contribution in [-0.2, 0) is 32.0 Å². The lowest BCUT2D eigenvalue weighted by Crippen LogP contribution is -2.39. The zero-order valence-electron chi connectivity index (χ0n) is 16.3. The molecule has 3 rings (SSSR count). The first-order valence-corrected chi connectivity index (χ1v) is 9.43. The molecule has 1 atom stereocenters. The second-order valence-electron chi connectivity index (χ2n) is 6.27. The maximum absolute atomic E-state index is 12.7. The zero-order valence-corrected chi connectivity index (χ0v) is 16.3. The number of carbonyl (C=O) groups is 1. The first kappa shape index (κ1) is 21.1. The van der Waals surface area contributed by atoms with Gasteiger partial charge in [0.1, 0.15) is 6.04 Å². The molecule has 5 nitrogen and oxygen atoms in total. The Morgan fingerprint density at radius 2 is 1.43 bits per heavy atom. The van der Waals surface area contributed by atoms with Crippen molar-refractivity contribution in [3.63, 3.8) is 0 Å². The van der Waals surface area contributed by atoms with Crippen LogP contribution in [0.3, 0.4) is 0 Å². The van der Waals surface area contributed by atoms with Gasteiger partial charge < -0.3 is 9.64 Å². The third kappa shape index (κ3) is 4.96. The van der Waals surface area contributed by atoms with Crippen molar-refractivity contribution in [2.75, 3.05) is 11.5 Å². The molecular formula is C23H25NO4. The number of benzene rings is 2. The Bertz CT molecular complexity index is 802. The molecule has 146 valence electrons. The molecular weight excluding hydrogens is 354 g/mol. The maximum Gasteiger partial charge on any atom is 0.373 e. The van der Waals surface area contributed by atoms with E-state index in [2.05, 4.69) is 53.5 Å². The van der Waals surface area contributed by atoms with Crippen molar-refractivity contribution in [2.24, 2.45) is 0 Å². The fraction of sp³-hybridized carbons (Fsp3) is 0.304. The molecule has 28 heavy (non-hydrogen) atoms. The molecule has 1 unspecified atom stereocenters. The highest BCUT2D eigenvalue weighted by atomic mass is 16.5. The van der Waals surface area contributed by atoms with Crippen molar-refractivity contribution in [3.8, 4) is 0 Å². The van der Waals surface area contributed by atoms with E-state index in [9.17, 15) is 4.79 Å². The monoisotopic (exact) mass is 379 g/mol. The largest absolute Gasteiger partial charge is 0.464 e. The molecule has 0 saturated carbocycles. The molecule has 0 aromatic heterocycles. The Labute approximate surface area is 165 Å². The minimum Gasteiger partial charge on any atom is -0.464 e. The summed E-state index contributed by atoms with van der Waals surface area (Å²) < 4.78 is 5.39. The van der Waals surface area contributed by atoms with E-state index in [1.54, 1.807) is 0 Å². The molecule has 0 amide bonds. The molecule has 0 bridgehead atoms. The second kappa shape index (κ2) is 10.9. The van der Waals surface area contributed by atoms with E-state index in [1.807, 2.05) is 26.0 Å². The first-order chi connectivity index (χ1) is 13.7. The minimum absolute atomic E-state index is 0.165. The molecule has 0 aliphatic carbocycles. The van der Waals surface area contributed by atoms with Gasteiger partial charge in [-0.3, -0.25) is 0 Å². The molecule has 1 heterocycles. The van der Waals surface area contributed by atoms with Crippen LogP contribution in [0.15, 0.2) is 60.7 Å². The van der Waals surface area contributed by atoms with Gasteiger partial charge in [-0.2, -0.15) is 9.59 Å². The Hall–Kier alpha value is -3.17. The highest BCUT2D eigenvalue weighted by Crippen LogP contribution is 2.36. The lowest BCUT2D eigenvalue weighted by atomic mass is 10.0. The van der Waals surface area contributed by atoms with Gasteiger partial charge in [0.2, 0.25) is 0 Å². The number of nitrogens with zero attached hydrogens (tertiary/aromatic N) is 1. The molecule has 0 N–H and O–H groups in total. The van der Waals surface area contributed by atoms with Gasteiger partial charge >= 0.3 is 12.1 Å². The number of para-hydroxylation sites is 2. The lowest BCUT2D eigenvalue weighted by molar-refractivity contribution is -0.191. The smallest absolute Gasteiger partial charge is 0.373 e. The highest BCUT2D eigenvalue weighted by Gasteiger charge is 2.30. The molecule has 2 aromatic rings. The Morgan fingerprint density at radius 1 is 0.964 bits per heavy atom. The molecule has 1 aliphatic rings. The van der Waals surface area contributed by atoms with Gasteiger partial charge in [-0.15, -0.1) is 0 Å². The average Bonchev–Trinajstić information content (AvgIpc) is 2.78. The van der Waals surface area contributed by atoms with Gasteiger partial charge in [0.05, 0.1) is 6.61 Å². The Kier molecular flexibility index (Phi) is 8.19. The standard InChI is InChI=1S/C22H25NO2.CO2/c1-3-19(22(24)25-4-2)23-20-15-9-7-13-17(20)11-5-6-12-18-14-8-10-16-21(18)23;2-1-3/h5-10,13-16,19H,3-4,11-12H2,1-2H3;/b6-5-;. The van der Waals surface area contributed by atoms with Crippen molar-refractivity contribution < 1.29 is 19.1 Å². The van der Waals surface area contributed by atoms with E-state index in [1.165, 1.54) is 11.1 Å². The number of esters is 1. The SMILES string of the molecule is CCOC(=O)C(CC)N1c2ccccc2C/C=C\Cc2ccccc21.O=C=O. The number of hydrogen-bond donors (Lipinski definition) is 0. The highest BCUT2D eigenvalue weighted by molar-refractivity contribution is 5.85. The molecule has 5 heteroatoms. The van der Waals surface area contributed by atoms with Crippen LogP contribution in [0.2, 0.25) is 0 Å². The normalized spacial score (nSPS) is 14.4. The quantitative estimate of drug-likeness (QED) is 0.587. The van der Waals surface area contributed by atoms with Crippen molar-refractivity contribution in [1.82, 2.24) is 0 Å². The van der Waals surface area contributed by atoms with Crippen LogP contribution in [0.1, 0.15) is 31.4 Å². The number of ether oxygens (including phenoxy) is 1. The minimum atomic E-state index is -0.333. The first-order valence-electron chi connectivity index (χ1n) is 9.43. The van der Waals surface area contributed by atoms with Crippen LogP contribution in [0.4, 0.5) is 11.4 Å². The fourth-order valence-electron chi connectivity index (χ4n) is 3.42. The van der Waals surface area contributed by atoms with Gasteiger partial charge in [0.15, 0.2) is 0 Å². The van der Waals surface area contributed by atoms with Crippen LogP contribution >= 0.6 is 0 Å². The molecule has 1 aliphatic heterocycles. The third-order valence-electron chi connectivity index (χ3n) is 4.60. The molecule has 2 aromatic carbocycles. The molecule has 0 saturated heterocycles. The van der Waals surface area contributed by atoms with Crippen molar-refractivity contribution >= 4 is 23.5 Å². The second-order valence-corrected chi connectivity index (χ2v) is 6.27. The summed E-state index contributed by atoms with van der Waals surface area (Å²) in [5.74, 6) is -0.165. The summed E-state index contributed by atoms with van der Waals surface area (Å²) in [6, 6.07) is 16.3. The van der Waals surface area contributed by atoms with Crippen LogP contribution in [-0.4, -0.2) is 24.8 Å². The van der Waals surface area contributed by atoms with E-state index in [4.69, 9.17) is 14.3 Å². The summed E-state index contributed by atoms with van der Waals surface area (Å²) in [5.41, 5.74) is 4.61. The summed E-state index contributed by atoms with van der Waals surface area (Å²) in [5, 5.41) is 0. The summed E-state index contributed by atoms with van der Waals surface area (Å²) in [6.07, 6.45) is 7.09. The predicted octanol–water partition coefficient (Wildman–Crippen LogP) is 4.24. The average molecular weight is 379 g/mol. The summed E-state index contributed by atoms with van der Waals surface area (Å²) in [4.78, 5) is 31.1. The zero-order chi connectivity index (χ0) is 20.4. The third-order valence-corrected chi connectivity index (χ3v) is 4.60. The predicted molar refractivity (Wildman–Crippen MR) is 107 cm³/mol. The number of anilines is 2. The summed E-state index contributed by atoms with van der Waals surface area (Å²) in [7, 11) is 0. The van der Waals surface area contributed by atoms with Crippen molar-refractivity contribution in [2.45, 2.75) is 39.2 Å². The lowest BCUT2D eigenvalue weighted by Gasteiger charge is -2.34. The van der Waals surface area contributed by atoms with E-state index in [0.29, 0.717) is 13.0 Å². The van der Waals surface area contributed by atoms with Crippen LogP contribution in [0.5, 0.6) is 0 Å². The van der Waals surface area contributed by atoms with Gasteiger partial charge in [0.25, 0.3) is 0 Å². The van der Waals surface area contributed by atoms with Crippen molar-refractivity contribution in [3.05, 3.63) is 71.8 Å². The van der Waals surface area contributed by atoms with E-state index >= 15 is 0 Å². The van der Waals surface area contributed by atoms with E-state index in [0.717, 1.165) is 24.2 Å². The fourth-order valence-corrected chi connectivity index (χ4v) is 3.42. The number of fused-ring (bicyclic) bond motifs is 2. The number of rotatable bonds is 4. The Balaban J connectivity index is 0.000000878. The van der Waals surface area contributed by atoms with Crippen LogP contribution in [0.25, 0.3) is 0 Å². The molecule has 0 spiro atoms. The molecule has 0 radical (unpaired) electrons. The summed E-state index contributed by atoms with van der Waals surface area (Å²) in [6.45, 7) is 4.29. The van der Waals surface area contributed by atoms with Crippen LogP contribution in [0, 0.1) is 0 Å². The number of carbonyl (C=O) groups excluding carboxylic acids is 3.